The molecule has 1 amide bonds. The quantitative estimate of drug-likeness (QED) is 0.851. The van der Waals surface area contributed by atoms with E-state index >= 15 is 0 Å². The van der Waals surface area contributed by atoms with Gasteiger partial charge in [0, 0.05) is 20.6 Å². The monoisotopic (exact) mass is 267 g/mol. The van der Waals surface area contributed by atoms with E-state index < -0.39 is 17.1 Å². The Labute approximate surface area is 112 Å². The van der Waals surface area contributed by atoms with E-state index in [2.05, 4.69) is 5.10 Å². The first-order valence-electron chi connectivity index (χ1n) is 6.07. The van der Waals surface area contributed by atoms with Crippen LogP contribution in [0.3, 0.4) is 0 Å². The fourth-order valence-electron chi connectivity index (χ4n) is 1.94. The van der Waals surface area contributed by atoms with Crippen LogP contribution in [0.25, 0.3) is 0 Å². The van der Waals surface area contributed by atoms with Crippen molar-refractivity contribution in [3.63, 3.8) is 0 Å². The van der Waals surface area contributed by atoms with Crippen molar-refractivity contribution < 1.29 is 9.90 Å². The van der Waals surface area contributed by atoms with Gasteiger partial charge >= 0.3 is 0 Å². The highest BCUT2D eigenvalue weighted by Gasteiger charge is 2.25. The van der Waals surface area contributed by atoms with E-state index in [9.17, 15) is 14.7 Å². The number of carbonyl (C=O) groups excluding carboxylic acids is 1. The summed E-state index contributed by atoms with van der Waals surface area (Å²) < 4.78 is 1.16. The maximum absolute atomic E-state index is 12.3. The summed E-state index contributed by atoms with van der Waals surface area (Å²) in [4.78, 5) is 25.7. The number of aromatic nitrogens is 2. The molecule has 0 saturated heterocycles. The maximum Gasteiger partial charge on any atom is 0.279 e. The molecule has 1 rings (SSSR count). The van der Waals surface area contributed by atoms with Crippen molar-refractivity contribution in [2.75, 3.05) is 13.6 Å². The van der Waals surface area contributed by atoms with E-state index in [1.807, 2.05) is 0 Å². The minimum Gasteiger partial charge on any atom is -0.389 e. The van der Waals surface area contributed by atoms with E-state index in [1.54, 1.807) is 34.7 Å². The molecule has 0 saturated carbocycles. The molecule has 6 nitrogen and oxygen atoms in total. The van der Waals surface area contributed by atoms with Crippen LogP contribution in [0.4, 0.5) is 0 Å². The summed E-state index contributed by atoms with van der Waals surface area (Å²) in [5.41, 5.74) is -0.0960. The predicted octanol–water partition coefficient (Wildman–Crippen LogP) is 0.240. The molecule has 1 aromatic rings. The standard InChI is InChI=1S/C13H21N3O3/c1-8-9(2)14-16(6)12(18)10(8)11(17)15(5)7-13(3,4)19/h19H,7H2,1-6H3. The molecule has 1 heterocycles. The first-order valence-corrected chi connectivity index (χ1v) is 6.07. The number of hydrogen-bond acceptors (Lipinski definition) is 4. The lowest BCUT2D eigenvalue weighted by atomic mass is 10.1. The zero-order valence-corrected chi connectivity index (χ0v) is 12.3. The predicted molar refractivity (Wildman–Crippen MR) is 72.2 cm³/mol. The van der Waals surface area contributed by atoms with Gasteiger partial charge in [0.2, 0.25) is 0 Å². The summed E-state index contributed by atoms with van der Waals surface area (Å²) in [6, 6.07) is 0. The molecular weight excluding hydrogens is 246 g/mol. The molecular formula is C13H21N3O3. The van der Waals surface area contributed by atoms with E-state index in [-0.39, 0.29) is 12.1 Å². The van der Waals surface area contributed by atoms with Crippen molar-refractivity contribution in [1.82, 2.24) is 14.7 Å². The van der Waals surface area contributed by atoms with Gasteiger partial charge in [-0.1, -0.05) is 0 Å². The highest BCUT2D eigenvalue weighted by molar-refractivity contribution is 5.95. The molecule has 6 heteroatoms. The van der Waals surface area contributed by atoms with Gasteiger partial charge in [0.25, 0.3) is 11.5 Å². The topological polar surface area (TPSA) is 75.4 Å². The minimum atomic E-state index is -1.01. The third-order valence-corrected chi connectivity index (χ3v) is 2.91. The Hall–Kier alpha value is -1.69. The Kier molecular flexibility index (Phi) is 4.15. The minimum absolute atomic E-state index is 0.113. The Bertz CT molecular complexity index is 555. The summed E-state index contributed by atoms with van der Waals surface area (Å²) in [6.07, 6.45) is 0. The zero-order valence-electron chi connectivity index (χ0n) is 12.3. The van der Waals surface area contributed by atoms with Crippen LogP contribution in [0.15, 0.2) is 4.79 Å². The van der Waals surface area contributed by atoms with Crippen molar-refractivity contribution in [1.29, 1.82) is 0 Å². The van der Waals surface area contributed by atoms with Crippen LogP contribution >= 0.6 is 0 Å². The van der Waals surface area contributed by atoms with Gasteiger partial charge in [0.1, 0.15) is 5.56 Å². The second kappa shape index (κ2) is 5.13. The molecule has 106 valence electrons. The largest absolute Gasteiger partial charge is 0.389 e. The average Bonchev–Trinajstić information content (AvgIpc) is 2.24. The first kappa shape index (κ1) is 15.4. The van der Waals surface area contributed by atoms with Crippen molar-refractivity contribution >= 4 is 5.91 Å². The van der Waals surface area contributed by atoms with Crippen molar-refractivity contribution in [3.05, 3.63) is 27.2 Å². The van der Waals surface area contributed by atoms with Crippen LogP contribution in [-0.2, 0) is 7.05 Å². The van der Waals surface area contributed by atoms with Crippen LogP contribution in [0.1, 0.15) is 35.5 Å². The van der Waals surface area contributed by atoms with Crippen LogP contribution in [-0.4, -0.2) is 44.9 Å². The van der Waals surface area contributed by atoms with Gasteiger partial charge in [0.15, 0.2) is 0 Å². The summed E-state index contributed by atoms with van der Waals surface area (Å²) in [5.74, 6) is -0.397. The fourth-order valence-corrected chi connectivity index (χ4v) is 1.94. The van der Waals surface area contributed by atoms with Crippen LogP contribution < -0.4 is 5.56 Å². The van der Waals surface area contributed by atoms with E-state index in [1.165, 1.54) is 11.9 Å². The molecule has 0 bridgehead atoms. The molecule has 0 unspecified atom stereocenters. The normalized spacial score (nSPS) is 11.5. The maximum atomic E-state index is 12.3. The molecule has 1 N–H and O–H groups in total. The number of aryl methyl sites for hydroxylation is 2. The Morgan fingerprint density at radius 2 is 1.95 bits per heavy atom. The van der Waals surface area contributed by atoms with Gasteiger partial charge in [-0.3, -0.25) is 9.59 Å². The van der Waals surface area contributed by atoms with Crippen molar-refractivity contribution in [2.45, 2.75) is 33.3 Å². The Balaban J connectivity index is 3.24. The van der Waals surface area contributed by atoms with E-state index in [0.29, 0.717) is 11.3 Å². The van der Waals surface area contributed by atoms with Crippen molar-refractivity contribution in [3.8, 4) is 0 Å². The highest BCUT2D eigenvalue weighted by atomic mass is 16.3. The van der Waals surface area contributed by atoms with Crippen molar-refractivity contribution in [2.24, 2.45) is 7.05 Å². The number of aliphatic hydroxyl groups is 1. The third kappa shape index (κ3) is 3.41. The lowest BCUT2D eigenvalue weighted by molar-refractivity contribution is 0.0366. The van der Waals surface area contributed by atoms with Gasteiger partial charge in [-0.2, -0.15) is 5.10 Å². The van der Waals surface area contributed by atoms with Crippen LogP contribution in [0.2, 0.25) is 0 Å². The van der Waals surface area contributed by atoms with Crippen LogP contribution in [0, 0.1) is 13.8 Å². The number of nitrogens with zero attached hydrogens (tertiary/aromatic N) is 3. The second-order valence-electron chi connectivity index (χ2n) is 5.49. The third-order valence-electron chi connectivity index (χ3n) is 2.91. The molecule has 0 aromatic carbocycles. The second-order valence-corrected chi connectivity index (χ2v) is 5.49. The number of amides is 1. The highest BCUT2D eigenvalue weighted by Crippen LogP contribution is 2.11. The summed E-state index contributed by atoms with van der Waals surface area (Å²) in [7, 11) is 3.08. The zero-order chi connectivity index (χ0) is 15.0. The summed E-state index contributed by atoms with van der Waals surface area (Å²) >= 11 is 0. The number of likely N-dealkylation sites (N-methyl/N-ethyl adjacent to an activating group) is 1. The first-order chi connectivity index (χ1) is 8.54. The fraction of sp³-hybridized carbons (Fsp3) is 0.615. The van der Waals surface area contributed by atoms with Gasteiger partial charge in [-0.15, -0.1) is 0 Å². The molecule has 0 atom stereocenters. The number of carbonyl (C=O) groups is 1. The Morgan fingerprint density at radius 1 is 1.42 bits per heavy atom. The van der Waals surface area contributed by atoms with Gasteiger partial charge < -0.3 is 10.0 Å². The molecule has 0 aliphatic heterocycles. The molecule has 0 spiro atoms. The summed E-state index contributed by atoms with van der Waals surface area (Å²) in [6.45, 7) is 6.82. The van der Waals surface area contributed by atoms with Gasteiger partial charge in [0.05, 0.1) is 11.3 Å². The van der Waals surface area contributed by atoms with Gasteiger partial charge in [-0.05, 0) is 33.3 Å². The molecule has 0 radical (unpaired) electrons. The number of rotatable bonds is 3. The van der Waals surface area contributed by atoms with E-state index in [0.717, 1.165) is 4.68 Å². The smallest absolute Gasteiger partial charge is 0.279 e. The molecule has 0 fully saturated rings. The molecule has 0 aliphatic carbocycles. The Morgan fingerprint density at radius 3 is 2.42 bits per heavy atom. The summed E-state index contributed by atoms with van der Waals surface area (Å²) in [5, 5.41) is 13.8. The molecule has 0 aliphatic rings. The lowest BCUT2D eigenvalue weighted by Gasteiger charge is -2.26. The lowest BCUT2D eigenvalue weighted by Crippen LogP contribution is -2.42. The molecule has 19 heavy (non-hydrogen) atoms. The number of hydrogen-bond donors (Lipinski definition) is 1. The molecule has 1 aromatic heterocycles. The van der Waals surface area contributed by atoms with E-state index in [4.69, 9.17) is 0 Å². The van der Waals surface area contributed by atoms with Gasteiger partial charge in [-0.25, -0.2) is 4.68 Å². The SMILES string of the molecule is Cc1nn(C)c(=O)c(C(=O)N(C)CC(C)(C)O)c1C. The average molecular weight is 267 g/mol. The van der Waals surface area contributed by atoms with Crippen LogP contribution in [0.5, 0.6) is 0 Å².